The van der Waals surface area contributed by atoms with Gasteiger partial charge in [-0.1, -0.05) is 12.1 Å². The van der Waals surface area contributed by atoms with Crippen molar-refractivity contribution < 1.29 is 22.3 Å². The topological polar surface area (TPSA) is 66.9 Å². The number of carbonyl (C=O) groups excluding carboxylic acids is 1. The van der Waals surface area contributed by atoms with Crippen LogP contribution in [0, 0.1) is 5.82 Å². The lowest BCUT2D eigenvalue weighted by molar-refractivity contribution is -0.117. The first kappa shape index (κ1) is 19.3. The molecule has 0 aliphatic carbocycles. The highest BCUT2D eigenvalue weighted by atomic mass is 32.2. The smallest absolute Gasteiger partial charge is 0.243 e. The minimum atomic E-state index is -3.80. The monoisotopic (exact) mass is 392 g/mol. The number of methoxy groups -OCH3 is 1. The van der Waals surface area contributed by atoms with Crippen LogP contribution in [0.4, 0.5) is 10.1 Å². The van der Waals surface area contributed by atoms with Crippen LogP contribution in [-0.2, 0) is 21.4 Å². The van der Waals surface area contributed by atoms with Crippen LogP contribution in [0.15, 0.2) is 47.4 Å². The second kappa shape index (κ2) is 7.66. The molecule has 1 heterocycles. The largest absolute Gasteiger partial charge is 0.495 e. The van der Waals surface area contributed by atoms with Crippen LogP contribution in [0.2, 0.25) is 0 Å². The predicted molar refractivity (Wildman–Crippen MR) is 99.6 cm³/mol. The van der Waals surface area contributed by atoms with E-state index < -0.39 is 10.0 Å². The summed E-state index contributed by atoms with van der Waals surface area (Å²) in [6.07, 6.45) is 1.16. The summed E-state index contributed by atoms with van der Waals surface area (Å²) in [5, 5.41) is 0. The number of carbonyl (C=O) groups is 1. The van der Waals surface area contributed by atoms with E-state index in [0.29, 0.717) is 30.0 Å². The molecule has 1 aliphatic heterocycles. The summed E-state index contributed by atoms with van der Waals surface area (Å²) < 4.78 is 45.5. The fraction of sp³-hybridized carbons (Fsp3) is 0.316. The average molecular weight is 392 g/mol. The van der Waals surface area contributed by atoms with Gasteiger partial charge in [-0.2, -0.15) is 4.31 Å². The lowest BCUT2D eigenvalue weighted by atomic mass is 10.2. The number of benzene rings is 2. The lowest BCUT2D eigenvalue weighted by Gasteiger charge is -2.22. The molecular formula is C19H21FN2O4S. The van der Waals surface area contributed by atoms with Gasteiger partial charge in [0.2, 0.25) is 15.9 Å². The summed E-state index contributed by atoms with van der Waals surface area (Å²) in [5.41, 5.74) is 1.13. The normalized spacial score (nSPS) is 14.8. The van der Waals surface area contributed by atoms with E-state index in [4.69, 9.17) is 4.74 Å². The number of hydrogen-bond donors (Lipinski definition) is 0. The highest BCUT2D eigenvalue weighted by Crippen LogP contribution is 2.34. The van der Waals surface area contributed by atoms with Crippen molar-refractivity contribution >= 4 is 21.6 Å². The van der Waals surface area contributed by atoms with Crippen molar-refractivity contribution in [2.24, 2.45) is 0 Å². The van der Waals surface area contributed by atoms with Gasteiger partial charge in [-0.05, 0) is 42.3 Å². The fourth-order valence-corrected chi connectivity index (χ4v) is 4.24. The van der Waals surface area contributed by atoms with Gasteiger partial charge < -0.3 is 9.64 Å². The second-order valence-corrected chi connectivity index (χ2v) is 8.42. The van der Waals surface area contributed by atoms with Gasteiger partial charge in [0, 0.05) is 26.6 Å². The third-order valence-corrected chi connectivity index (χ3v) is 6.34. The molecule has 0 atom stereocenters. The first-order valence-corrected chi connectivity index (χ1v) is 9.96. The van der Waals surface area contributed by atoms with E-state index in [1.165, 1.54) is 42.7 Å². The summed E-state index contributed by atoms with van der Waals surface area (Å²) in [7, 11) is -0.853. The number of sulfonamides is 1. The number of hydrogen-bond acceptors (Lipinski definition) is 4. The molecule has 1 aliphatic rings. The molecule has 2 aromatic rings. The van der Waals surface area contributed by atoms with Gasteiger partial charge >= 0.3 is 0 Å². The van der Waals surface area contributed by atoms with E-state index in [2.05, 4.69) is 0 Å². The SMILES string of the molecule is COc1ccc(S(=O)(=O)N(C)Cc2ccc(F)cc2)cc1N1CCCC1=O. The number of amides is 1. The van der Waals surface area contributed by atoms with Gasteiger partial charge in [-0.3, -0.25) is 4.79 Å². The minimum absolute atomic E-state index is 0.0532. The number of ether oxygens (including phenoxy) is 1. The molecule has 0 unspecified atom stereocenters. The molecule has 8 heteroatoms. The molecule has 144 valence electrons. The van der Waals surface area contributed by atoms with E-state index in [-0.39, 0.29) is 23.2 Å². The van der Waals surface area contributed by atoms with Crippen molar-refractivity contribution in [2.75, 3.05) is 25.6 Å². The molecule has 0 saturated carbocycles. The van der Waals surface area contributed by atoms with E-state index in [1.807, 2.05) is 0 Å². The van der Waals surface area contributed by atoms with Gasteiger partial charge in [0.05, 0.1) is 17.7 Å². The standard InChI is InChI=1S/C19H21FN2O4S/c1-21(13-14-5-7-15(20)8-6-14)27(24,25)16-9-10-18(26-2)17(12-16)22-11-3-4-19(22)23/h5-10,12H,3-4,11,13H2,1-2H3. The fourth-order valence-electron chi connectivity index (χ4n) is 3.06. The molecule has 1 saturated heterocycles. The highest BCUT2D eigenvalue weighted by molar-refractivity contribution is 7.89. The zero-order valence-electron chi connectivity index (χ0n) is 15.2. The number of nitrogens with zero attached hydrogens (tertiary/aromatic N) is 2. The zero-order valence-corrected chi connectivity index (χ0v) is 16.0. The van der Waals surface area contributed by atoms with E-state index in [9.17, 15) is 17.6 Å². The Bertz CT molecular complexity index is 945. The maximum absolute atomic E-state index is 13.0. The maximum atomic E-state index is 13.0. The van der Waals surface area contributed by atoms with E-state index in [0.717, 1.165) is 6.42 Å². The van der Waals surface area contributed by atoms with Crippen LogP contribution in [0.25, 0.3) is 0 Å². The Kier molecular flexibility index (Phi) is 5.48. The van der Waals surface area contributed by atoms with Crippen LogP contribution in [-0.4, -0.2) is 39.3 Å². The molecule has 1 amide bonds. The third-order valence-electron chi connectivity index (χ3n) is 4.54. The van der Waals surface area contributed by atoms with Crippen LogP contribution in [0.1, 0.15) is 18.4 Å². The minimum Gasteiger partial charge on any atom is -0.495 e. The van der Waals surface area contributed by atoms with Crippen LogP contribution >= 0.6 is 0 Å². The first-order valence-electron chi connectivity index (χ1n) is 8.52. The Morgan fingerprint density at radius 2 is 1.89 bits per heavy atom. The summed E-state index contributed by atoms with van der Waals surface area (Å²) in [5.74, 6) is 0.0206. The molecule has 0 N–H and O–H groups in total. The summed E-state index contributed by atoms with van der Waals surface area (Å²) >= 11 is 0. The Balaban J connectivity index is 1.91. The molecule has 3 rings (SSSR count). The molecule has 0 aromatic heterocycles. The maximum Gasteiger partial charge on any atom is 0.243 e. The van der Waals surface area contributed by atoms with Gasteiger partial charge in [-0.15, -0.1) is 0 Å². The van der Waals surface area contributed by atoms with Crippen LogP contribution in [0.3, 0.4) is 0 Å². The Hall–Kier alpha value is -2.45. The van der Waals surface area contributed by atoms with Crippen LogP contribution in [0.5, 0.6) is 5.75 Å². The Labute approximate surface area is 158 Å². The van der Waals surface area contributed by atoms with Gasteiger partial charge in [0.15, 0.2) is 0 Å². The number of rotatable bonds is 6. The van der Waals surface area contributed by atoms with E-state index in [1.54, 1.807) is 23.1 Å². The van der Waals surface area contributed by atoms with Crippen molar-refractivity contribution in [2.45, 2.75) is 24.3 Å². The van der Waals surface area contributed by atoms with Gasteiger partial charge in [-0.25, -0.2) is 12.8 Å². The quantitative estimate of drug-likeness (QED) is 0.758. The Morgan fingerprint density at radius 1 is 1.19 bits per heavy atom. The third kappa shape index (κ3) is 3.96. The molecule has 0 bridgehead atoms. The summed E-state index contributed by atoms with van der Waals surface area (Å²) in [4.78, 5) is 13.7. The van der Waals surface area contributed by atoms with Crippen molar-refractivity contribution in [3.63, 3.8) is 0 Å². The number of anilines is 1. The molecule has 27 heavy (non-hydrogen) atoms. The molecule has 2 aromatic carbocycles. The molecular weight excluding hydrogens is 371 g/mol. The van der Waals surface area contributed by atoms with Crippen molar-refractivity contribution in [1.82, 2.24) is 4.31 Å². The van der Waals surface area contributed by atoms with Gasteiger partial charge in [0.1, 0.15) is 11.6 Å². The molecule has 0 spiro atoms. The van der Waals surface area contributed by atoms with Crippen molar-refractivity contribution in [3.8, 4) is 5.75 Å². The number of halogens is 1. The van der Waals surface area contributed by atoms with E-state index >= 15 is 0 Å². The van der Waals surface area contributed by atoms with Crippen molar-refractivity contribution in [3.05, 3.63) is 53.8 Å². The molecule has 1 fully saturated rings. The second-order valence-electron chi connectivity index (χ2n) is 6.37. The zero-order chi connectivity index (χ0) is 19.6. The highest BCUT2D eigenvalue weighted by Gasteiger charge is 2.28. The lowest BCUT2D eigenvalue weighted by Crippen LogP contribution is -2.28. The van der Waals surface area contributed by atoms with Gasteiger partial charge in [0.25, 0.3) is 0 Å². The molecule has 0 radical (unpaired) electrons. The first-order chi connectivity index (χ1) is 12.8. The summed E-state index contributed by atoms with van der Waals surface area (Å²) in [6.45, 7) is 0.636. The summed E-state index contributed by atoms with van der Waals surface area (Å²) in [6, 6.07) is 10.2. The molecule has 6 nitrogen and oxygen atoms in total. The predicted octanol–water partition coefficient (Wildman–Crippen LogP) is 2.78. The average Bonchev–Trinajstić information content (AvgIpc) is 3.08. The van der Waals surface area contributed by atoms with Crippen LogP contribution < -0.4 is 9.64 Å². The van der Waals surface area contributed by atoms with Crippen molar-refractivity contribution in [1.29, 1.82) is 0 Å². The Morgan fingerprint density at radius 3 is 2.48 bits per heavy atom.